The van der Waals surface area contributed by atoms with Crippen molar-refractivity contribution in [3.63, 3.8) is 0 Å². The van der Waals surface area contributed by atoms with Crippen LogP contribution in [0, 0.1) is 0 Å². The Morgan fingerprint density at radius 2 is 1.57 bits per heavy atom. The lowest BCUT2D eigenvalue weighted by Gasteiger charge is -2.22. The summed E-state index contributed by atoms with van der Waals surface area (Å²) >= 11 is 5.86. The van der Waals surface area contributed by atoms with Crippen LogP contribution in [0.5, 0.6) is 0 Å². The lowest BCUT2D eigenvalue weighted by Crippen LogP contribution is -2.47. The largest absolute Gasteiger partial charge is 0.351 e. The average molecular weight is 430 g/mol. The number of Topliss-reactive ketones (excluding diaryl/α,β-unsaturated/α-hetero) is 1. The molecule has 2 aromatic rings. The van der Waals surface area contributed by atoms with Crippen LogP contribution < -0.4 is 10.6 Å². The molecule has 1 atom stereocenters. The highest BCUT2D eigenvalue weighted by molar-refractivity contribution is 6.30. The van der Waals surface area contributed by atoms with Crippen molar-refractivity contribution in [2.75, 3.05) is 19.6 Å². The first-order chi connectivity index (χ1) is 14.4. The Morgan fingerprint density at radius 1 is 0.933 bits per heavy atom. The van der Waals surface area contributed by atoms with Crippen LogP contribution in [0.2, 0.25) is 5.02 Å². The number of likely N-dealkylation sites (N-methyl/N-ethyl adjacent to an activating group) is 1. The molecule has 0 heterocycles. The molecule has 0 aliphatic heterocycles. The molecule has 6 nitrogen and oxygen atoms in total. The first-order valence-electron chi connectivity index (χ1n) is 9.94. The standard InChI is InChI=1S/C23H28ClN3O3/c1-3-27(15-22(29)25-14-19-9-11-20(24)12-10-19)16-23(30)26-21(17(2)28)13-18-7-5-4-6-8-18/h4-12,21H,3,13-16H2,1-2H3,(H,25,29)(H,26,30)/t21-/m1/s1. The van der Waals surface area contributed by atoms with E-state index in [1.807, 2.05) is 49.4 Å². The van der Waals surface area contributed by atoms with E-state index in [1.165, 1.54) is 6.92 Å². The lowest BCUT2D eigenvalue weighted by molar-refractivity contribution is -0.128. The van der Waals surface area contributed by atoms with Crippen molar-refractivity contribution in [3.8, 4) is 0 Å². The molecule has 0 aliphatic carbocycles. The van der Waals surface area contributed by atoms with Crippen molar-refractivity contribution in [3.05, 3.63) is 70.7 Å². The Balaban J connectivity index is 1.82. The fourth-order valence-electron chi connectivity index (χ4n) is 2.93. The van der Waals surface area contributed by atoms with Gasteiger partial charge in [0.05, 0.1) is 19.1 Å². The van der Waals surface area contributed by atoms with Crippen LogP contribution in [-0.2, 0) is 27.3 Å². The van der Waals surface area contributed by atoms with Crippen LogP contribution >= 0.6 is 11.6 Å². The molecule has 2 rings (SSSR count). The van der Waals surface area contributed by atoms with Crippen LogP contribution in [0.4, 0.5) is 0 Å². The van der Waals surface area contributed by atoms with E-state index < -0.39 is 6.04 Å². The number of hydrogen-bond donors (Lipinski definition) is 2. The maximum absolute atomic E-state index is 12.5. The second kappa shape index (κ2) is 12.1. The molecule has 0 spiro atoms. The van der Waals surface area contributed by atoms with Crippen LogP contribution in [0.3, 0.4) is 0 Å². The first-order valence-corrected chi connectivity index (χ1v) is 10.3. The fourth-order valence-corrected chi connectivity index (χ4v) is 3.06. The third kappa shape index (κ3) is 8.35. The topological polar surface area (TPSA) is 78.5 Å². The molecule has 0 fully saturated rings. The van der Waals surface area contributed by atoms with E-state index in [4.69, 9.17) is 11.6 Å². The minimum Gasteiger partial charge on any atom is -0.351 e. The summed E-state index contributed by atoms with van der Waals surface area (Å²) in [4.78, 5) is 38.4. The molecule has 2 amide bonds. The predicted octanol–water partition coefficient (Wildman–Crippen LogP) is 2.59. The Hall–Kier alpha value is -2.70. The first kappa shape index (κ1) is 23.6. The minimum absolute atomic E-state index is 0.0451. The number of nitrogens with zero attached hydrogens (tertiary/aromatic N) is 1. The average Bonchev–Trinajstić information content (AvgIpc) is 2.73. The summed E-state index contributed by atoms with van der Waals surface area (Å²) in [6.07, 6.45) is 0.440. The van der Waals surface area contributed by atoms with Gasteiger partial charge in [-0.3, -0.25) is 19.3 Å². The SMILES string of the molecule is CCN(CC(=O)NCc1ccc(Cl)cc1)CC(=O)N[C@H](Cc1ccccc1)C(C)=O. The number of hydrogen-bond acceptors (Lipinski definition) is 4. The van der Waals surface area contributed by atoms with Crippen LogP contribution in [0.1, 0.15) is 25.0 Å². The van der Waals surface area contributed by atoms with Gasteiger partial charge in [-0.25, -0.2) is 0 Å². The van der Waals surface area contributed by atoms with E-state index in [0.29, 0.717) is 24.5 Å². The molecule has 160 valence electrons. The zero-order chi connectivity index (χ0) is 21.9. The summed E-state index contributed by atoms with van der Waals surface area (Å²) in [5.74, 6) is -0.554. The molecule has 0 unspecified atom stereocenters. The Bertz CT molecular complexity index is 841. The fraction of sp³-hybridized carbons (Fsp3) is 0.348. The summed E-state index contributed by atoms with van der Waals surface area (Å²) in [6.45, 7) is 4.42. The van der Waals surface area contributed by atoms with Gasteiger partial charge in [0.1, 0.15) is 0 Å². The molecule has 0 aliphatic rings. The van der Waals surface area contributed by atoms with Gasteiger partial charge < -0.3 is 10.6 Å². The van der Waals surface area contributed by atoms with E-state index in [1.54, 1.807) is 17.0 Å². The van der Waals surface area contributed by atoms with E-state index in [0.717, 1.165) is 11.1 Å². The van der Waals surface area contributed by atoms with Crippen LogP contribution in [-0.4, -0.2) is 48.2 Å². The second-order valence-corrected chi connectivity index (χ2v) is 7.56. The summed E-state index contributed by atoms with van der Waals surface area (Å²) in [7, 11) is 0. The van der Waals surface area contributed by atoms with Crippen molar-refractivity contribution in [1.29, 1.82) is 0 Å². The van der Waals surface area contributed by atoms with Crippen molar-refractivity contribution in [1.82, 2.24) is 15.5 Å². The van der Waals surface area contributed by atoms with Crippen molar-refractivity contribution in [2.24, 2.45) is 0 Å². The number of amides is 2. The maximum Gasteiger partial charge on any atom is 0.234 e. The van der Waals surface area contributed by atoms with Gasteiger partial charge in [0.2, 0.25) is 11.8 Å². The molecule has 7 heteroatoms. The van der Waals surface area contributed by atoms with Gasteiger partial charge in [0.15, 0.2) is 5.78 Å². The minimum atomic E-state index is -0.586. The van der Waals surface area contributed by atoms with E-state index in [-0.39, 0.29) is 30.7 Å². The third-order valence-corrected chi connectivity index (χ3v) is 4.95. The summed E-state index contributed by atoms with van der Waals surface area (Å²) in [5, 5.41) is 6.27. The highest BCUT2D eigenvalue weighted by Gasteiger charge is 2.20. The maximum atomic E-state index is 12.5. The molecule has 2 aromatic carbocycles. The highest BCUT2D eigenvalue weighted by Crippen LogP contribution is 2.09. The number of rotatable bonds is 11. The van der Waals surface area contributed by atoms with Gasteiger partial charge in [-0.1, -0.05) is 61.0 Å². The molecule has 30 heavy (non-hydrogen) atoms. The highest BCUT2D eigenvalue weighted by atomic mass is 35.5. The number of benzene rings is 2. The van der Waals surface area contributed by atoms with Gasteiger partial charge >= 0.3 is 0 Å². The summed E-state index contributed by atoms with van der Waals surface area (Å²) < 4.78 is 0. The number of carbonyl (C=O) groups excluding carboxylic acids is 3. The van der Waals surface area contributed by atoms with Crippen molar-refractivity contribution < 1.29 is 14.4 Å². The van der Waals surface area contributed by atoms with Gasteiger partial charge in [0.25, 0.3) is 0 Å². The van der Waals surface area contributed by atoms with E-state index in [2.05, 4.69) is 10.6 Å². The zero-order valence-corrected chi connectivity index (χ0v) is 18.1. The molecule has 0 aromatic heterocycles. The number of ketones is 1. The lowest BCUT2D eigenvalue weighted by atomic mass is 10.0. The van der Waals surface area contributed by atoms with Gasteiger partial charge in [-0.2, -0.15) is 0 Å². The smallest absolute Gasteiger partial charge is 0.234 e. The summed E-state index contributed by atoms with van der Waals surface area (Å²) in [5.41, 5.74) is 1.92. The third-order valence-electron chi connectivity index (χ3n) is 4.69. The second-order valence-electron chi connectivity index (χ2n) is 7.13. The quantitative estimate of drug-likeness (QED) is 0.575. The van der Waals surface area contributed by atoms with Gasteiger partial charge in [-0.05, 0) is 43.1 Å². The molecule has 0 saturated carbocycles. The van der Waals surface area contributed by atoms with Crippen molar-refractivity contribution in [2.45, 2.75) is 32.9 Å². The van der Waals surface area contributed by atoms with Gasteiger partial charge in [-0.15, -0.1) is 0 Å². The zero-order valence-electron chi connectivity index (χ0n) is 17.4. The monoisotopic (exact) mass is 429 g/mol. The van der Waals surface area contributed by atoms with Gasteiger partial charge in [0, 0.05) is 11.6 Å². The normalized spacial score (nSPS) is 11.7. The Morgan fingerprint density at radius 3 is 2.17 bits per heavy atom. The number of halogens is 1. The van der Waals surface area contributed by atoms with E-state index in [9.17, 15) is 14.4 Å². The number of carbonyl (C=O) groups is 3. The number of nitrogens with one attached hydrogen (secondary N) is 2. The molecular weight excluding hydrogens is 402 g/mol. The van der Waals surface area contributed by atoms with E-state index >= 15 is 0 Å². The molecule has 0 saturated heterocycles. The van der Waals surface area contributed by atoms with Crippen LogP contribution in [0.15, 0.2) is 54.6 Å². The Kier molecular flexibility index (Phi) is 9.51. The summed E-state index contributed by atoms with van der Waals surface area (Å²) in [6, 6.07) is 16.2. The predicted molar refractivity (Wildman–Crippen MR) is 118 cm³/mol. The Labute approximate surface area is 182 Å². The molecule has 2 N–H and O–H groups in total. The molecule has 0 radical (unpaired) electrons. The van der Waals surface area contributed by atoms with Crippen LogP contribution in [0.25, 0.3) is 0 Å². The van der Waals surface area contributed by atoms with Crippen molar-refractivity contribution >= 4 is 29.2 Å². The molecular formula is C23H28ClN3O3. The molecule has 0 bridgehead atoms.